The molecule has 0 unspecified atom stereocenters. The van der Waals surface area contributed by atoms with E-state index in [1.54, 1.807) is 14.0 Å². The van der Waals surface area contributed by atoms with Crippen LogP contribution in [0.25, 0.3) is 5.95 Å². The lowest BCUT2D eigenvalue weighted by Crippen LogP contribution is -2.12. The van der Waals surface area contributed by atoms with Crippen LogP contribution in [0.3, 0.4) is 0 Å². The highest BCUT2D eigenvalue weighted by atomic mass is 16.5. The molecule has 0 aliphatic carbocycles. The predicted octanol–water partition coefficient (Wildman–Crippen LogP) is -0.202. The Morgan fingerprint density at radius 3 is 2.71 bits per heavy atom. The molecule has 0 radical (unpaired) electrons. The van der Waals surface area contributed by atoms with Gasteiger partial charge in [0.15, 0.2) is 5.82 Å². The lowest BCUT2D eigenvalue weighted by atomic mass is 10.6. The van der Waals surface area contributed by atoms with E-state index in [4.69, 9.17) is 4.52 Å². The Morgan fingerprint density at radius 2 is 2.05 bits per heavy atom. The van der Waals surface area contributed by atoms with Gasteiger partial charge in [-0.05, 0) is 0 Å². The SMILES string of the molecule is CNc1nc(NCc2noc(C)n2)nc(-n2cncn2)n1. The summed E-state index contributed by atoms with van der Waals surface area (Å²) in [5.41, 5.74) is 0. The van der Waals surface area contributed by atoms with Crippen LogP contribution in [0.15, 0.2) is 17.2 Å². The number of aromatic nitrogens is 8. The smallest absolute Gasteiger partial charge is 0.258 e. The van der Waals surface area contributed by atoms with Crippen molar-refractivity contribution in [1.29, 1.82) is 0 Å². The highest BCUT2D eigenvalue weighted by Crippen LogP contribution is 2.08. The van der Waals surface area contributed by atoms with E-state index >= 15 is 0 Å². The number of hydrogen-bond donors (Lipinski definition) is 2. The molecule has 0 saturated heterocycles. The summed E-state index contributed by atoms with van der Waals surface area (Å²) in [6.07, 6.45) is 2.90. The molecule has 0 spiro atoms. The summed E-state index contributed by atoms with van der Waals surface area (Å²) in [5, 5.41) is 13.6. The number of nitrogens with one attached hydrogen (secondary N) is 2. The standard InChI is InChI=1S/C10H12N10O/c1-6-15-7(19-21-6)3-13-9-16-8(11-2)17-10(18-9)20-5-12-4-14-20/h4-5H,3H2,1-2H3,(H2,11,13,16,17,18). The van der Waals surface area contributed by atoms with Gasteiger partial charge in [-0.1, -0.05) is 5.16 Å². The van der Waals surface area contributed by atoms with Crippen molar-refractivity contribution in [2.45, 2.75) is 13.5 Å². The van der Waals surface area contributed by atoms with E-state index in [9.17, 15) is 0 Å². The quantitative estimate of drug-likeness (QED) is 0.650. The predicted molar refractivity (Wildman–Crippen MR) is 70.7 cm³/mol. The average Bonchev–Trinajstić information content (AvgIpc) is 3.16. The van der Waals surface area contributed by atoms with E-state index in [0.717, 1.165) is 0 Å². The van der Waals surface area contributed by atoms with Gasteiger partial charge in [-0.25, -0.2) is 4.98 Å². The molecule has 3 heterocycles. The number of hydrogen-bond acceptors (Lipinski definition) is 10. The van der Waals surface area contributed by atoms with Crippen LogP contribution in [0, 0.1) is 6.92 Å². The third-order valence-electron chi connectivity index (χ3n) is 2.45. The van der Waals surface area contributed by atoms with E-state index in [-0.39, 0.29) is 0 Å². The molecule has 108 valence electrons. The Kier molecular flexibility index (Phi) is 3.37. The van der Waals surface area contributed by atoms with Gasteiger partial charge in [0.05, 0.1) is 6.54 Å². The minimum Gasteiger partial charge on any atom is -0.357 e. The summed E-state index contributed by atoms with van der Waals surface area (Å²) >= 11 is 0. The number of nitrogens with zero attached hydrogens (tertiary/aromatic N) is 8. The first-order chi connectivity index (χ1) is 10.2. The summed E-state index contributed by atoms with van der Waals surface area (Å²) < 4.78 is 6.33. The Labute approximate surface area is 118 Å². The topological polar surface area (TPSA) is 132 Å². The van der Waals surface area contributed by atoms with Crippen LogP contribution in [0.5, 0.6) is 0 Å². The fraction of sp³-hybridized carbons (Fsp3) is 0.300. The summed E-state index contributed by atoms with van der Waals surface area (Å²) in [6, 6.07) is 0. The molecule has 0 atom stereocenters. The van der Waals surface area contributed by atoms with Crippen LogP contribution in [-0.2, 0) is 6.54 Å². The molecular weight excluding hydrogens is 276 g/mol. The number of aryl methyl sites for hydroxylation is 1. The van der Waals surface area contributed by atoms with Gasteiger partial charge >= 0.3 is 0 Å². The molecule has 3 aromatic heterocycles. The highest BCUT2D eigenvalue weighted by molar-refractivity contribution is 5.37. The molecule has 0 amide bonds. The highest BCUT2D eigenvalue weighted by Gasteiger charge is 2.09. The Hall–Kier alpha value is -3.11. The molecule has 11 nitrogen and oxygen atoms in total. The molecule has 0 aromatic carbocycles. The molecule has 2 N–H and O–H groups in total. The normalized spacial score (nSPS) is 10.6. The van der Waals surface area contributed by atoms with Crippen molar-refractivity contribution >= 4 is 11.9 Å². The summed E-state index contributed by atoms with van der Waals surface area (Å²) in [5.74, 6) is 2.13. The van der Waals surface area contributed by atoms with Gasteiger partial charge in [0.25, 0.3) is 5.95 Å². The van der Waals surface area contributed by atoms with E-state index in [1.165, 1.54) is 17.3 Å². The van der Waals surface area contributed by atoms with Crippen molar-refractivity contribution < 1.29 is 4.52 Å². The van der Waals surface area contributed by atoms with Crippen LogP contribution < -0.4 is 10.6 Å². The minimum atomic E-state index is 0.335. The molecule has 21 heavy (non-hydrogen) atoms. The van der Waals surface area contributed by atoms with Gasteiger partial charge < -0.3 is 15.2 Å². The van der Waals surface area contributed by atoms with Crippen molar-refractivity contribution in [3.8, 4) is 5.95 Å². The van der Waals surface area contributed by atoms with E-state index in [0.29, 0.717) is 36.1 Å². The maximum Gasteiger partial charge on any atom is 0.258 e. The second-order valence-electron chi connectivity index (χ2n) is 3.96. The Morgan fingerprint density at radius 1 is 1.19 bits per heavy atom. The molecule has 0 saturated carbocycles. The van der Waals surface area contributed by atoms with Crippen LogP contribution in [0.1, 0.15) is 11.7 Å². The van der Waals surface area contributed by atoms with Crippen molar-refractivity contribution in [2.24, 2.45) is 0 Å². The minimum absolute atomic E-state index is 0.335. The Bertz CT molecular complexity index is 721. The first-order valence-electron chi connectivity index (χ1n) is 6.06. The van der Waals surface area contributed by atoms with Gasteiger partial charge in [-0.3, -0.25) is 0 Å². The van der Waals surface area contributed by atoms with E-state index in [1.807, 2.05) is 0 Å². The lowest BCUT2D eigenvalue weighted by Gasteiger charge is -2.06. The second-order valence-corrected chi connectivity index (χ2v) is 3.96. The second kappa shape index (κ2) is 5.48. The number of anilines is 2. The van der Waals surface area contributed by atoms with Crippen LogP contribution >= 0.6 is 0 Å². The van der Waals surface area contributed by atoms with E-state index in [2.05, 4.69) is 45.8 Å². The third-order valence-corrected chi connectivity index (χ3v) is 2.45. The van der Waals surface area contributed by atoms with Gasteiger partial charge in [0, 0.05) is 14.0 Å². The molecule has 3 aromatic rings. The van der Waals surface area contributed by atoms with Crippen LogP contribution in [0.2, 0.25) is 0 Å². The third kappa shape index (κ3) is 2.91. The monoisotopic (exact) mass is 288 g/mol. The molecule has 3 rings (SSSR count). The van der Waals surface area contributed by atoms with Crippen molar-refractivity contribution in [3.63, 3.8) is 0 Å². The van der Waals surface area contributed by atoms with E-state index < -0.39 is 0 Å². The zero-order valence-electron chi connectivity index (χ0n) is 11.3. The molecular formula is C10H12N10O. The average molecular weight is 288 g/mol. The zero-order chi connectivity index (χ0) is 14.7. The van der Waals surface area contributed by atoms with Crippen molar-refractivity contribution in [2.75, 3.05) is 17.7 Å². The maximum absolute atomic E-state index is 4.89. The van der Waals surface area contributed by atoms with Gasteiger partial charge in [-0.2, -0.15) is 29.7 Å². The van der Waals surface area contributed by atoms with Gasteiger partial charge in [-0.15, -0.1) is 0 Å². The van der Waals surface area contributed by atoms with Crippen molar-refractivity contribution in [1.82, 2.24) is 39.9 Å². The van der Waals surface area contributed by atoms with Crippen molar-refractivity contribution in [3.05, 3.63) is 24.4 Å². The van der Waals surface area contributed by atoms with Gasteiger partial charge in [0.2, 0.25) is 17.8 Å². The molecule has 0 aliphatic rings. The first kappa shape index (κ1) is 12.9. The summed E-state index contributed by atoms with van der Waals surface area (Å²) in [7, 11) is 1.72. The largest absolute Gasteiger partial charge is 0.357 e. The first-order valence-corrected chi connectivity index (χ1v) is 6.06. The van der Waals surface area contributed by atoms with Gasteiger partial charge in [0.1, 0.15) is 12.7 Å². The number of rotatable bonds is 5. The maximum atomic E-state index is 4.89. The van der Waals surface area contributed by atoms with Crippen LogP contribution in [-0.4, -0.2) is 46.9 Å². The molecule has 0 fully saturated rings. The fourth-order valence-electron chi connectivity index (χ4n) is 1.54. The molecule has 11 heteroatoms. The van der Waals surface area contributed by atoms with Crippen LogP contribution in [0.4, 0.5) is 11.9 Å². The molecule has 0 aliphatic heterocycles. The fourth-order valence-corrected chi connectivity index (χ4v) is 1.54. The summed E-state index contributed by atoms with van der Waals surface area (Å²) in [4.78, 5) is 20.6. The Balaban J connectivity index is 1.82. The molecule has 0 bridgehead atoms. The lowest BCUT2D eigenvalue weighted by molar-refractivity contribution is 0.388. The summed E-state index contributed by atoms with van der Waals surface area (Å²) in [6.45, 7) is 2.06. The zero-order valence-corrected chi connectivity index (χ0v) is 11.3.